The van der Waals surface area contributed by atoms with Gasteiger partial charge >= 0.3 is 5.97 Å². The van der Waals surface area contributed by atoms with E-state index < -0.39 is 0 Å². The maximum atomic E-state index is 11.8. The zero-order valence-corrected chi connectivity index (χ0v) is 17.0. The molecule has 0 aromatic heterocycles. The molecule has 0 aliphatic carbocycles. The fraction of sp³-hybridized carbons (Fsp3) is 0.542. The first-order valence-electron chi connectivity index (χ1n) is 10.1. The van der Waals surface area contributed by atoms with E-state index in [2.05, 4.69) is 26.8 Å². The van der Waals surface area contributed by atoms with E-state index in [-0.39, 0.29) is 5.97 Å². The predicted octanol–water partition coefficient (Wildman–Crippen LogP) is 6.52. The second kappa shape index (κ2) is 13.4. The Bertz CT molecular complexity index is 557. The summed E-state index contributed by atoms with van der Waals surface area (Å²) in [6, 6.07) is 10.1. The Labute approximate surface area is 160 Å². The molecular formula is C24H36O2. The van der Waals surface area contributed by atoms with Gasteiger partial charge in [-0.3, -0.25) is 0 Å². The predicted molar refractivity (Wildman–Crippen MR) is 111 cm³/mol. The minimum atomic E-state index is -0.260. The normalized spacial score (nSPS) is 14.4. The summed E-state index contributed by atoms with van der Waals surface area (Å²) in [4.78, 5) is 11.8. The number of ether oxygens (including phenoxy) is 1. The fourth-order valence-corrected chi connectivity index (χ4v) is 2.81. The summed E-state index contributed by atoms with van der Waals surface area (Å²) in [6.07, 6.45) is 12.8. The lowest BCUT2D eigenvalue weighted by Gasteiger charge is -2.11. The van der Waals surface area contributed by atoms with Gasteiger partial charge in [0.1, 0.15) is 0 Å². The molecule has 2 unspecified atom stereocenters. The molecule has 0 spiro atoms. The topological polar surface area (TPSA) is 26.3 Å². The van der Waals surface area contributed by atoms with Crippen molar-refractivity contribution in [3.05, 3.63) is 59.7 Å². The van der Waals surface area contributed by atoms with E-state index in [1.807, 2.05) is 43.3 Å². The molecular weight excluding hydrogens is 320 g/mol. The molecule has 0 heterocycles. The molecule has 0 aliphatic heterocycles. The Kier molecular flexibility index (Phi) is 11.4. The average molecular weight is 357 g/mol. The van der Waals surface area contributed by atoms with Crippen LogP contribution >= 0.6 is 0 Å². The quantitative estimate of drug-likeness (QED) is 0.242. The highest BCUT2D eigenvalue weighted by atomic mass is 16.5. The Morgan fingerprint density at radius 2 is 1.81 bits per heavy atom. The highest BCUT2D eigenvalue weighted by Crippen LogP contribution is 2.17. The van der Waals surface area contributed by atoms with Crippen LogP contribution in [0.4, 0.5) is 0 Å². The molecule has 26 heavy (non-hydrogen) atoms. The van der Waals surface area contributed by atoms with Crippen LogP contribution < -0.4 is 0 Å². The van der Waals surface area contributed by atoms with Crippen molar-refractivity contribution in [2.75, 3.05) is 6.61 Å². The van der Waals surface area contributed by atoms with Crippen molar-refractivity contribution in [2.45, 2.75) is 66.2 Å². The number of esters is 1. The molecule has 0 saturated carbocycles. The summed E-state index contributed by atoms with van der Waals surface area (Å²) >= 11 is 0. The number of hydrogen-bond acceptors (Lipinski definition) is 2. The highest BCUT2D eigenvalue weighted by molar-refractivity contribution is 5.83. The number of benzene rings is 1. The van der Waals surface area contributed by atoms with Gasteiger partial charge in [0.2, 0.25) is 0 Å². The third-order valence-electron chi connectivity index (χ3n) is 4.83. The maximum Gasteiger partial charge on any atom is 0.331 e. The molecule has 0 fully saturated rings. The van der Waals surface area contributed by atoms with Gasteiger partial charge in [-0.1, -0.05) is 88.9 Å². The van der Waals surface area contributed by atoms with Crippen LogP contribution in [0.25, 0.3) is 0 Å². The lowest BCUT2D eigenvalue weighted by molar-refractivity contribution is -0.137. The summed E-state index contributed by atoms with van der Waals surface area (Å²) in [5, 5.41) is 0. The molecule has 0 saturated heterocycles. The van der Waals surface area contributed by atoms with Gasteiger partial charge < -0.3 is 4.74 Å². The number of rotatable bonds is 12. The number of carbonyl (C=O) groups excluding carboxylic acids is 1. The Morgan fingerprint density at radius 1 is 1.12 bits per heavy atom. The summed E-state index contributed by atoms with van der Waals surface area (Å²) < 4.78 is 5.28. The minimum Gasteiger partial charge on any atom is -0.462 e. The molecule has 2 atom stereocenters. The van der Waals surface area contributed by atoms with Gasteiger partial charge in [0.05, 0.1) is 6.61 Å². The van der Waals surface area contributed by atoms with Crippen LogP contribution in [0.1, 0.15) is 65.4 Å². The monoisotopic (exact) mass is 356 g/mol. The third-order valence-corrected chi connectivity index (χ3v) is 4.83. The standard InChI is InChI=1S/C24H36O2/c1-5-20(2)11-9-12-21(3)13-10-14-22(4)19-24(25)26-18-17-23-15-7-6-8-16-23/h6-8,10,14-16,19-21H,5,9,11-13,17-18H2,1-4H3/b14-10+,22-19+. The summed E-state index contributed by atoms with van der Waals surface area (Å²) in [5.41, 5.74) is 2.13. The van der Waals surface area contributed by atoms with Crippen LogP contribution in [0.5, 0.6) is 0 Å². The second-order valence-electron chi connectivity index (χ2n) is 7.48. The summed E-state index contributed by atoms with van der Waals surface area (Å²) in [7, 11) is 0. The lowest BCUT2D eigenvalue weighted by atomic mass is 9.95. The van der Waals surface area contributed by atoms with E-state index in [1.54, 1.807) is 6.08 Å². The maximum absolute atomic E-state index is 11.8. The van der Waals surface area contributed by atoms with Crippen LogP contribution in [0.3, 0.4) is 0 Å². The molecule has 0 bridgehead atoms. The van der Waals surface area contributed by atoms with Crippen molar-refractivity contribution in [3.8, 4) is 0 Å². The molecule has 1 aromatic rings. The van der Waals surface area contributed by atoms with E-state index in [0.29, 0.717) is 12.5 Å². The van der Waals surface area contributed by atoms with Crippen LogP contribution in [0.2, 0.25) is 0 Å². The molecule has 0 N–H and O–H groups in total. The smallest absolute Gasteiger partial charge is 0.331 e. The van der Waals surface area contributed by atoms with Crippen LogP contribution in [0, 0.1) is 11.8 Å². The first kappa shape index (κ1) is 22.2. The average Bonchev–Trinajstić information content (AvgIpc) is 2.62. The van der Waals surface area contributed by atoms with Gasteiger partial charge in [0.15, 0.2) is 0 Å². The van der Waals surface area contributed by atoms with E-state index in [4.69, 9.17) is 4.74 Å². The van der Waals surface area contributed by atoms with E-state index in [1.165, 1.54) is 31.2 Å². The molecule has 0 amide bonds. The van der Waals surface area contributed by atoms with E-state index >= 15 is 0 Å². The highest BCUT2D eigenvalue weighted by Gasteiger charge is 2.03. The second-order valence-corrected chi connectivity index (χ2v) is 7.48. The summed E-state index contributed by atoms with van der Waals surface area (Å²) in [5.74, 6) is 1.28. The fourth-order valence-electron chi connectivity index (χ4n) is 2.81. The number of hydrogen-bond donors (Lipinski definition) is 0. The first-order chi connectivity index (χ1) is 12.5. The van der Waals surface area contributed by atoms with E-state index in [9.17, 15) is 4.79 Å². The van der Waals surface area contributed by atoms with E-state index in [0.717, 1.165) is 24.3 Å². The Balaban J connectivity index is 2.22. The van der Waals surface area contributed by atoms with Crippen molar-refractivity contribution in [1.29, 1.82) is 0 Å². The zero-order valence-electron chi connectivity index (χ0n) is 17.0. The lowest BCUT2D eigenvalue weighted by Crippen LogP contribution is -2.05. The van der Waals surface area contributed by atoms with Gasteiger partial charge in [-0.15, -0.1) is 0 Å². The molecule has 2 heteroatoms. The molecule has 0 radical (unpaired) electrons. The molecule has 1 rings (SSSR count). The minimum absolute atomic E-state index is 0.260. The van der Waals surface area contributed by atoms with Crippen molar-refractivity contribution in [3.63, 3.8) is 0 Å². The largest absolute Gasteiger partial charge is 0.462 e. The number of carbonyl (C=O) groups is 1. The Morgan fingerprint density at radius 3 is 2.50 bits per heavy atom. The van der Waals surface area contributed by atoms with Gasteiger partial charge in [-0.05, 0) is 36.3 Å². The van der Waals surface area contributed by atoms with Crippen LogP contribution in [-0.4, -0.2) is 12.6 Å². The van der Waals surface area contributed by atoms with Gasteiger partial charge in [0, 0.05) is 12.5 Å². The van der Waals surface area contributed by atoms with Crippen LogP contribution in [-0.2, 0) is 16.0 Å². The third kappa shape index (κ3) is 10.9. The van der Waals surface area contributed by atoms with Crippen molar-refractivity contribution in [2.24, 2.45) is 11.8 Å². The molecule has 0 aliphatic rings. The van der Waals surface area contributed by atoms with Gasteiger partial charge in [0.25, 0.3) is 0 Å². The summed E-state index contributed by atoms with van der Waals surface area (Å²) in [6.45, 7) is 9.26. The molecule has 2 nitrogen and oxygen atoms in total. The SMILES string of the molecule is CCC(C)CCCC(C)C/C=C/C(C)=C/C(=O)OCCc1ccccc1. The van der Waals surface area contributed by atoms with Crippen molar-refractivity contribution < 1.29 is 9.53 Å². The van der Waals surface area contributed by atoms with Crippen LogP contribution in [0.15, 0.2) is 54.1 Å². The van der Waals surface area contributed by atoms with Crippen molar-refractivity contribution >= 4 is 5.97 Å². The zero-order chi connectivity index (χ0) is 19.2. The molecule has 1 aromatic carbocycles. The van der Waals surface area contributed by atoms with Gasteiger partial charge in [-0.2, -0.15) is 0 Å². The van der Waals surface area contributed by atoms with Gasteiger partial charge in [-0.25, -0.2) is 4.79 Å². The Hall–Kier alpha value is -1.83. The molecule has 144 valence electrons. The first-order valence-corrected chi connectivity index (χ1v) is 10.1. The number of allylic oxidation sites excluding steroid dienone is 3. The van der Waals surface area contributed by atoms with Crippen molar-refractivity contribution in [1.82, 2.24) is 0 Å².